The van der Waals surface area contributed by atoms with Crippen molar-refractivity contribution in [1.29, 1.82) is 0 Å². The van der Waals surface area contributed by atoms with Crippen LogP contribution in [0.25, 0.3) is 22.3 Å². The molecule has 0 amide bonds. The van der Waals surface area contributed by atoms with E-state index in [9.17, 15) is 0 Å². The van der Waals surface area contributed by atoms with Gasteiger partial charge in [0.2, 0.25) is 0 Å². The Labute approximate surface area is 356 Å². The molecule has 1 nitrogen and oxygen atoms in total. The first-order valence-corrected chi connectivity index (χ1v) is 23.5. The Morgan fingerprint density at radius 3 is 1.92 bits per heavy atom. The third kappa shape index (κ3) is 5.11. The average molecular weight is 788 g/mol. The first-order valence-electron chi connectivity index (χ1n) is 22.6. The van der Waals surface area contributed by atoms with E-state index < -0.39 is 0 Å². The van der Waals surface area contributed by atoms with E-state index in [1.165, 1.54) is 116 Å². The lowest BCUT2D eigenvalue weighted by atomic mass is 9.42. The monoisotopic (exact) mass is 787 g/mol. The summed E-state index contributed by atoms with van der Waals surface area (Å²) in [5.41, 5.74) is 18.6. The molecule has 0 aromatic heterocycles. The molecule has 6 aromatic rings. The predicted molar refractivity (Wildman–Crippen MR) is 248 cm³/mol. The maximum Gasteiger partial charge on any atom is 0.0502 e. The molecule has 1 spiro atoms. The van der Waals surface area contributed by atoms with Crippen LogP contribution in [0.1, 0.15) is 120 Å². The molecule has 2 heteroatoms. The number of nitrogens with zero attached hydrogens (tertiary/aromatic N) is 1. The van der Waals surface area contributed by atoms with Crippen molar-refractivity contribution in [3.8, 4) is 22.3 Å². The first-order chi connectivity index (χ1) is 28.4. The number of anilines is 3. The van der Waals surface area contributed by atoms with E-state index in [0.717, 1.165) is 11.8 Å². The van der Waals surface area contributed by atoms with Crippen LogP contribution in [0.2, 0.25) is 0 Å². The second-order valence-corrected chi connectivity index (χ2v) is 22.3. The van der Waals surface area contributed by atoms with Gasteiger partial charge in [-0.25, -0.2) is 0 Å². The number of hydrogen-bond donors (Lipinski definition) is 0. The Morgan fingerprint density at radius 1 is 0.475 bits per heavy atom. The summed E-state index contributed by atoms with van der Waals surface area (Å²) in [5, 5.41) is 0. The molecular formula is C57H57NS. The second kappa shape index (κ2) is 12.5. The molecule has 0 radical (unpaired) electrons. The van der Waals surface area contributed by atoms with Gasteiger partial charge in [-0.3, -0.25) is 0 Å². The van der Waals surface area contributed by atoms with E-state index in [2.05, 4.69) is 174 Å². The van der Waals surface area contributed by atoms with Gasteiger partial charge in [-0.15, -0.1) is 0 Å². The Balaban J connectivity index is 1.08. The van der Waals surface area contributed by atoms with E-state index in [0.29, 0.717) is 11.8 Å². The van der Waals surface area contributed by atoms with Gasteiger partial charge in [-0.2, -0.15) is 0 Å². The molecule has 6 aromatic carbocycles. The summed E-state index contributed by atoms with van der Waals surface area (Å²) in [4.78, 5) is 5.61. The summed E-state index contributed by atoms with van der Waals surface area (Å²) in [7, 11) is 0. The van der Waals surface area contributed by atoms with E-state index in [4.69, 9.17) is 0 Å². The second-order valence-electron chi connectivity index (χ2n) is 21.2. The standard InChI is InChI=1S/C57H57NS/c1-54(2)25-26-55(3,4)53-47(54)17-12-18-50(53)58(41-20-22-44-43-15-10-11-16-45(43)56(5,6)48(44)33-41)42-21-23-46-52(34-42)59-51-24-19-38(37-13-8-7-9-14-37)32-49(51)57(46)39-28-35-27-36(30-39)31-40(57)29-35/h7-24,32-36,39-40H,25-31H2,1-6H3. The van der Waals surface area contributed by atoms with Crippen LogP contribution in [0.3, 0.4) is 0 Å². The minimum absolute atomic E-state index is 0.0503. The van der Waals surface area contributed by atoms with Crippen LogP contribution in [-0.2, 0) is 21.7 Å². The molecular weight excluding hydrogens is 731 g/mol. The van der Waals surface area contributed by atoms with E-state index >= 15 is 0 Å². The molecule has 4 bridgehead atoms. The summed E-state index contributed by atoms with van der Waals surface area (Å²) in [5.74, 6) is 3.22. The molecule has 0 atom stereocenters. The highest BCUT2D eigenvalue weighted by atomic mass is 32.2. The summed E-state index contributed by atoms with van der Waals surface area (Å²) < 4.78 is 0. The summed E-state index contributed by atoms with van der Waals surface area (Å²) in [6.45, 7) is 14.7. The highest BCUT2D eigenvalue weighted by molar-refractivity contribution is 7.99. The van der Waals surface area contributed by atoms with Crippen LogP contribution in [0.15, 0.2) is 137 Å². The molecule has 1 aliphatic heterocycles. The number of rotatable bonds is 4. The van der Waals surface area contributed by atoms with E-state index in [1.807, 2.05) is 11.8 Å². The lowest BCUT2D eigenvalue weighted by molar-refractivity contribution is -0.0443. The number of hydrogen-bond acceptors (Lipinski definition) is 2. The minimum atomic E-state index is -0.0785. The number of fused-ring (bicyclic) bond motifs is 6. The Morgan fingerprint density at radius 2 is 1.14 bits per heavy atom. The molecule has 6 aliphatic carbocycles. The lowest BCUT2D eigenvalue weighted by Crippen LogP contribution is -2.57. The van der Waals surface area contributed by atoms with Gasteiger partial charge in [0.05, 0.1) is 5.69 Å². The van der Waals surface area contributed by atoms with Crippen LogP contribution >= 0.6 is 11.8 Å². The molecule has 0 N–H and O–H groups in total. The molecule has 4 fully saturated rings. The quantitative estimate of drug-likeness (QED) is 0.175. The average Bonchev–Trinajstić information content (AvgIpc) is 3.46. The van der Waals surface area contributed by atoms with Gasteiger partial charge in [0.25, 0.3) is 0 Å². The van der Waals surface area contributed by atoms with E-state index in [-0.39, 0.29) is 21.7 Å². The van der Waals surface area contributed by atoms with Crippen molar-refractivity contribution in [2.45, 2.75) is 118 Å². The minimum Gasteiger partial charge on any atom is -0.310 e. The van der Waals surface area contributed by atoms with Crippen molar-refractivity contribution >= 4 is 28.8 Å². The van der Waals surface area contributed by atoms with Crippen LogP contribution in [-0.4, -0.2) is 0 Å². The van der Waals surface area contributed by atoms with Crippen molar-refractivity contribution in [1.82, 2.24) is 0 Å². The molecule has 296 valence electrons. The molecule has 4 saturated carbocycles. The fourth-order valence-corrected chi connectivity index (χ4v) is 15.3. The zero-order valence-electron chi connectivity index (χ0n) is 35.7. The number of benzene rings is 6. The van der Waals surface area contributed by atoms with Gasteiger partial charge in [0.15, 0.2) is 0 Å². The SMILES string of the molecule is CC1(C)CCC(C)(C)c2c(N(c3ccc4c(c3)Sc3ccc(-c5ccccc5)cc3C43C4CC5CC(C4)CC3C5)c3ccc4c(c3)C(C)(C)c3ccccc3-4)cccc21. The Kier molecular flexibility index (Phi) is 7.70. The highest BCUT2D eigenvalue weighted by Crippen LogP contribution is 2.69. The van der Waals surface area contributed by atoms with E-state index in [1.54, 1.807) is 11.1 Å². The molecule has 59 heavy (non-hydrogen) atoms. The summed E-state index contributed by atoms with van der Waals surface area (Å²) in [6, 6.07) is 50.1. The van der Waals surface area contributed by atoms with Gasteiger partial charge in [0.1, 0.15) is 0 Å². The normalized spacial score (nSPS) is 26.7. The Hall–Kier alpha value is -4.53. The van der Waals surface area contributed by atoms with Gasteiger partial charge in [-0.1, -0.05) is 138 Å². The lowest BCUT2D eigenvalue weighted by Gasteiger charge is -2.63. The van der Waals surface area contributed by atoms with Gasteiger partial charge >= 0.3 is 0 Å². The fourth-order valence-electron chi connectivity index (χ4n) is 14.0. The van der Waals surface area contributed by atoms with Crippen molar-refractivity contribution in [2.24, 2.45) is 23.7 Å². The van der Waals surface area contributed by atoms with Crippen LogP contribution in [0.5, 0.6) is 0 Å². The molecule has 1 heterocycles. The Bertz CT molecular complexity index is 2670. The van der Waals surface area contributed by atoms with Crippen LogP contribution in [0, 0.1) is 23.7 Å². The summed E-state index contributed by atoms with van der Waals surface area (Å²) >= 11 is 2.04. The predicted octanol–water partition coefficient (Wildman–Crippen LogP) is 15.7. The van der Waals surface area contributed by atoms with Crippen molar-refractivity contribution in [2.75, 3.05) is 4.90 Å². The van der Waals surface area contributed by atoms with Crippen LogP contribution in [0.4, 0.5) is 17.1 Å². The van der Waals surface area contributed by atoms with Crippen LogP contribution < -0.4 is 4.90 Å². The van der Waals surface area contributed by atoms with Gasteiger partial charge in [0, 0.05) is 32.0 Å². The fraction of sp³-hybridized carbons (Fsp3) is 0.368. The maximum atomic E-state index is 2.67. The third-order valence-electron chi connectivity index (χ3n) is 16.7. The topological polar surface area (TPSA) is 3.24 Å². The highest BCUT2D eigenvalue weighted by Gasteiger charge is 2.61. The molecule has 13 rings (SSSR count). The largest absolute Gasteiger partial charge is 0.310 e. The molecule has 0 saturated heterocycles. The van der Waals surface area contributed by atoms with Gasteiger partial charge in [-0.05, 0) is 178 Å². The first kappa shape index (κ1) is 36.3. The third-order valence-corrected chi connectivity index (χ3v) is 17.9. The zero-order valence-corrected chi connectivity index (χ0v) is 36.6. The molecule has 7 aliphatic rings. The zero-order chi connectivity index (χ0) is 40.1. The molecule has 0 unspecified atom stereocenters. The van der Waals surface area contributed by atoms with Crippen molar-refractivity contribution < 1.29 is 0 Å². The van der Waals surface area contributed by atoms with Crippen molar-refractivity contribution in [3.63, 3.8) is 0 Å². The summed E-state index contributed by atoms with van der Waals surface area (Å²) in [6.07, 6.45) is 9.38. The smallest absolute Gasteiger partial charge is 0.0502 e. The maximum absolute atomic E-state index is 2.67. The van der Waals surface area contributed by atoms with Gasteiger partial charge < -0.3 is 4.90 Å². The van der Waals surface area contributed by atoms with Crippen molar-refractivity contribution in [3.05, 3.63) is 161 Å².